The van der Waals surface area contributed by atoms with Crippen LogP contribution in [0, 0.1) is 0 Å². The molecule has 0 radical (unpaired) electrons. The molecule has 0 saturated carbocycles. The van der Waals surface area contributed by atoms with E-state index in [2.05, 4.69) is 35.5 Å². The minimum atomic E-state index is -0.374. The van der Waals surface area contributed by atoms with Gasteiger partial charge in [0.05, 0.1) is 18.9 Å². The van der Waals surface area contributed by atoms with Crippen LogP contribution in [0.4, 0.5) is 17.5 Å². The van der Waals surface area contributed by atoms with Gasteiger partial charge in [-0.3, -0.25) is 0 Å². The van der Waals surface area contributed by atoms with E-state index in [0.29, 0.717) is 17.3 Å². The third-order valence-corrected chi connectivity index (χ3v) is 2.99. The highest BCUT2D eigenvalue weighted by molar-refractivity contribution is 5.89. The van der Waals surface area contributed by atoms with Crippen molar-refractivity contribution in [2.45, 2.75) is 0 Å². The Labute approximate surface area is 134 Å². The van der Waals surface area contributed by atoms with Crippen molar-refractivity contribution in [3.8, 4) is 0 Å². The molecule has 0 bridgehead atoms. The van der Waals surface area contributed by atoms with E-state index in [0.717, 1.165) is 18.8 Å². The van der Waals surface area contributed by atoms with Crippen LogP contribution in [0.2, 0.25) is 0 Å². The molecule has 0 amide bonds. The minimum Gasteiger partial charge on any atom is -0.465 e. The summed E-state index contributed by atoms with van der Waals surface area (Å²) in [6.07, 6.45) is 1.57. The highest BCUT2D eigenvalue weighted by atomic mass is 16.5. The van der Waals surface area contributed by atoms with Gasteiger partial charge in [0.1, 0.15) is 0 Å². The maximum absolute atomic E-state index is 11.4. The van der Waals surface area contributed by atoms with E-state index in [1.165, 1.54) is 7.11 Å². The zero-order chi connectivity index (χ0) is 16.7. The summed E-state index contributed by atoms with van der Waals surface area (Å²) < 4.78 is 4.66. The van der Waals surface area contributed by atoms with Gasteiger partial charge in [0.25, 0.3) is 0 Å². The number of esters is 1. The van der Waals surface area contributed by atoms with Crippen LogP contribution in [0.1, 0.15) is 10.4 Å². The van der Waals surface area contributed by atoms with Crippen LogP contribution in [0.3, 0.4) is 0 Å². The molecule has 2 N–H and O–H groups in total. The van der Waals surface area contributed by atoms with Crippen LogP contribution in [-0.4, -0.2) is 60.3 Å². The number of aromatic nitrogens is 3. The number of ether oxygens (including phenoxy) is 1. The summed E-state index contributed by atoms with van der Waals surface area (Å²) in [5.74, 6) is 0.655. The average Bonchev–Trinajstić information content (AvgIpc) is 2.55. The molecule has 0 fully saturated rings. The molecule has 1 aromatic heterocycles. The molecule has 8 heteroatoms. The number of hydrogen-bond donors (Lipinski definition) is 2. The van der Waals surface area contributed by atoms with Crippen molar-refractivity contribution >= 4 is 23.4 Å². The van der Waals surface area contributed by atoms with Crippen LogP contribution in [0.5, 0.6) is 0 Å². The van der Waals surface area contributed by atoms with E-state index in [-0.39, 0.29) is 5.97 Å². The average molecular weight is 316 g/mol. The molecule has 8 nitrogen and oxygen atoms in total. The van der Waals surface area contributed by atoms with Gasteiger partial charge >= 0.3 is 5.97 Å². The van der Waals surface area contributed by atoms with E-state index < -0.39 is 0 Å². The Morgan fingerprint density at radius 2 is 2.00 bits per heavy atom. The number of nitrogens with zero attached hydrogens (tertiary/aromatic N) is 4. The zero-order valence-corrected chi connectivity index (χ0v) is 13.4. The largest absolute Gasteiger partial charge is 0.465 e. The second-order valence-corrected chi connectivity index (χ2v) is 5.09. The molecular formula is C15H20N6O2. The topological polar surface area (TPSA) is 92.3 Å². The third-order valence-electron chi connectivity index (χ3n) is 2.99. The van der Waals surface area contributed by atoms with Gasteiger partial charge in [0.15, 0.2) is 5.82 Å². The highest BCUT2D eigenvalue weighted by Gasteiger charge is 2.05. The van der Waals surface area contributed by atoms with Crippen LogP contribution in [0.15, 0.2) is 30.5 Å². The molecule has 2 rings (SSSR count). The fourth-order valence-electron chi connectivity index (χ4n) is 1.79. The van der Waals surface area contributed by atoms with Crippen molar-refractivity contribution < 1.29 is 9.53 Å². The lowest BCUT2D eigenvalue weighted by Crippen LogP contribution is -2.21. The van der Waals surface area contributed by atoms with Gasteiger partial charge in [0.2, 0.25) is 5.95 Å². The zero-order valence-electron chi connectivity index (χ0n) is 13.4. The summed E-state index contributed by atoms with van der Waals surface area (Å²) in [5, 5.41) is 14.1. The summed E-state index contributed by atoms with van der Waals surface area (Å²) in [7, 11) is 5.36. The first-order chi connectivity index (χ1) is 11.1. The molecule has 0 unspecified atom stereocenters. The standard InChI is InChI=1S/C15H20N6O2/c1-21(2)9-8-16-13-10-17-20-15(19-13)18-12-6-4-11(5-7-12)14(22)23-3/h4-7,10H,8-9H2,1-3H3,(H2,16,18,19,20). The predicted molar refractivity (Wildman–Crippen MR) is 87.9 cm³/mol. The summed E-state index contributed by atoms with van der Waals surface area (Å²) in [6, 6.07) is 6.84. The molecule has 0 aliphatic rings. The first-order valence-corrected chi connectivity index (χ1v) is 7.12. The number of carbonyl (C=O) groups is 1. The second kappa shape index (κ2) is 8.04. The first-order valence-electron chi connectivity index (χ1n) is 7.12. The lowest BCUT2D eigenvalue weighted by atomic mass is 10.2. The van der Waals surface area contributed by atoms with Crippen molar-refractivity contribution in [1.29, 1.82) is 0 Å². The molecule has 0 saturated heterocycles. The molecular weight excluding hydrogens is 296 g/mol. The van der Waals surface area contributed by atoms with Crippen molar-refractivity contribution in [2.75, 3.05) is 44.9 Å². The summed E-state index contributed by atoms with van der Waals surface area (Å²) >= 11 is 0. The van der Waals surface area contributed by atoms with E-state index in [1.54, 1.807) is 30.5 Å². The fraction of sp³-hybridized carbons (Fsp3) is 0.333. The Kier molecular flexibility index (Phi) is 5.81. The van der Waals surface area contributed by atoms with Crippen LogP contribution in [0.25, 0.3) is 0 Å². The normalized spacial score (nSPS) is 10.4. The Bertz CT molecular complexity index is 645. The van der Waals surface area contributed by atoms with E-state index in [4.69, 9.17) is 0 Å². The number of anilines is 3. The summed E-state index contributed by atoms with van der Waals surface area (Å²) in [4.78, 5) is 17.8. The van der Waals surface area contributed by atoms with E-state index in [1.807, 2.05) is 14.1 Å². The lowest BCUT2D eigenvalue weighted by molar-refractivity contribution is 0.0601. The number of carbonyl (C=O) groups excluding carboxylic acids is 1. The van der Waals surface area contributed by atoms with Gasteiger partial charge in [-0.25, -0.2) is 4.79 Å². The van der Waals surface area contributed by atoms with Crippen LogP contribution in [-0.2, 0) is 4.74 Å². The molecule has 0 atom stereocenters. The smallest absolute Gasteiger partial charge is 0.337 e. The molecule has 23 heavy (non-hydrogen) atoms. The third kappa shape index (κ3) is 5.19. The molecule has 122 valence electrons. The monoisotopic (exact) mass is 316 g/mol. The van der Waals surface area contributed by atoms with Crippen LogP contribution >= 0.6 is 0 Å². The number of likely N-dealkylation sites (N-methyl/N-ethyl adjacent to an activating group) is 1. The van der Waals surface area contributed by atoms with Gasteiger partial charge in [0, 0.05) is 18.8 Å². The lowest BCUT2D eigenvalue weighted by Gasteiger charge is -2.11. The molecule has 2 aromatic rings. The number of rotatable bonds is 7. The minimum absolute atomic E-state index is 0.374. The first kappa shape index (κ1) is 16.6. The molecule has 0 aliphatic heterocycles. The van der Waals surface area contributed by atoms with E-state index >= 15 is 0 Å². The van der Waals surface area contributed by atoms with E-state index in [9.17, 15) is 4.79 Å². The maximum atomic E-state index is 11.4. The van der Waals surface area contributed by atoms with Gasteiger partial charge in [-0.1, -0.05) is 0 Å². The van der Waals surface area contributed by atoms with Crippen molar-refractivity contribution in [1.82, 2.24) is 20.1 Å². The Balaban J connectivity index is 1.98. The molecule has 1 heterocycles. The summed E-state index contributed by atoms with van der Waals surface area (Å²) in [6.45, 7) is 1.65. The van der Waals surface area contributed by atoms with Crippen molar-refractivity contribution in [2.24, 2.45) is 0 Å². The fourth-order valence-corrected chi connectivity index (χ4v) is 1.79. The van der Waals surface area contributed by atoms with Crippen LogP contribution < -0.4 is 10.6 Å². The number of hydrogen-bond acceptors (Lipinski definition) is 8. The van der Waals surface area contributed by atoms with Crippen molar-refractivity contribution in [3.05, 3.63) is 36.0 Å². The number of benzene rings is 1. The molecule has 0 aliphatic carbocycles. The van der Waals surface area contributed by atoms with Gasteiger partial charge in [-0.15, -0.1) is 5.10 Å². The molecule has 1 aromatic carbocycles. The highest BCUT2D eigenvalue weighted by Crippen LogP contribution is 2.15. The number of methoxy groups -OCH3 is 1. The second-order valence-electron chi connectivity index (χ2n) is 5.09. The van der Waals surface area contributed by atoms with Gasteiger partial charge < -0.3 is 20.3 Å². The maximum Gasteiger partial charge on any atom is 0.337 e. The SMILES string of the molecule is COC(=O)c1ccc(Nc2nncc(NCCN(C)C)n2)cc1. The Morgan fingerprint density at radius 1 is 1.26 bits per heavy atom. The van der Waals surface area contributed by atoms with Gasteiger partial charge in [-0.05, 0) is 38.4 Å². The Hall–Kier alpha value is -2.74. The predicted octanol–water partition coefficient (Wildman–Crippen LogP) is 1.38. The quantitative estimate of drug-likeness (QED) is 0.740. The number of nitrogens with one attached hydrogen (secondary N) is 2. The molecule has 0 spiro atoms. The summed E-state index contributed by atoms with van der Waals surface area (Å²) in [5.41, 5.74) is 1.24. The van der Waals surface area contributed by atoms with Gasteiger partial charge in [-0.2, -0.15) is 10.1 Å². The van der Waals surface area contributed by atoms with Crippen molar-refractivity contribution in [3.63, 3.8) is 0 Å². The Morgan fingerprint density at radius 3 is 2.65 bits per heavy atom.